The highest BCUT2D eigenvalue weighted by molar-refractivity contribution is 7.91. The SMILES string of the molecule is CCNCc1sc(C2CCS(=O)(=O)C2)nc1C(F)(F)F. The van der Waals surface area contributed by atoms with Crippen molar-refractivity contribution in [2.75, 3.05) is 18.1 Å². The fourth-order valence-electron chi connectivity index (χ4n) is 2.11. The quantitative estimate of drug-likeness (QED) is 0.920. The van der Waals surface area contributed by atoms with Gasteiger partial charge in [-0.2, -0.15) is 13.2 Å². The van der Waals surface area contributed by atoms with Crippen LogP contribution in [0.3, 0.4) is 0 Å². The van der Waals surface area contributed by atoms with Gasteiger partial charge in [0.15, 0.2) is 15.5 Å². The summed E-state index contributed by atoms with van der Waals surface area (Å²) in [6.07, 6.45) is -4.15. The van der Waals surface area contributed by atoms with Crippen molar-refractivity contribution in [1.29, 1.82) is 0 Å². The molecule has 1 aliphatic rings. The average molecular weight is 328 g/mol. The number of nitrogens with zero attached hydrogens (tertiary/aromatic N) is 1. The molecule has 0 saturated carbocycles. The van der Waals surface area contributed by atoms with Crippen LogP contribution in [0, 0.1) is 0 Å². The fourth-order valence-corrected chi connectivity index (χ4v) is 5.16. The van der Waals surface area contributed by atoms with Gasteiger partial charge in [0.2, 0.25) is 0 Å². The van der Waals surface area contributed by atoms with Gasteiger partial charge in [-0.15, -0.1) is 11.3 Å². The van der Waals surface area contributed by atoms with E-state index >= 15 is 0 Å². The molecule has 1 unspecified atom stereocenters. The van der Waals surface area contributed by atoms with Gasteiger partial charge in [0.25, 0.3) is 0 Å². The summed E-state index contributed by atoms with van der Waals surface area (Å²) in [5.41, 5.74) is -0.886. The first kappa shape index (κ1) is 15.7. The Balaban J connectivity index is 2.29. The van der Waals surface area contributed by atoms with Gasteiger partial charge < -0.3 is 5.32 Å². The molecule has 1 atom stereocenters. The molecule has 1 saturated heterocycles. The number of aromatic nitrogens is 1. The highest BCUT2D eigenvalue weighted by Gasteiger charge is 2.39. The Morgan fingerprint density at radius 1 is 1.45 bits per heavy atom. The third-order valence-electron chi connectivity index (χ3n) is 3.10. The van der Waals surface area contributed by atoms with Crippen LogP contribution in [0.4, 0.5) is 13.2 Å². The topological polar surface area (TPSA) is 59.1 Å². The lowest BCUT2D eigenvalue weighted by atomic mass is 10.1. The molecule has 1 aromatic rings. The molecule has 2 heterocycles. The number of alkyl halides is 3. The van der Waals surface area contributed by atoms with E-state index in [4.69, 9.17) is 0 Å². The molecule has 0 spiro atoms. The Morgan fingerprint density at radius 3 is 2.65 bits per heavy atom. The van der Waals surface area contributed by atoms with E-state index in [0.717, 1.165) is 11.3 Å². The predicted molar refractivity (Wildman–Crippen MR) is 70.5 cm³/mol. The van der Waals surface area contributed by atoms with Crippen molar-refractivity contribution in [1.82, 2.24) is 10.3 Å². The molecular weight excluding hydrogens is 313 g/mol. The average Bonchev–Trinajstić information content (AvgIpc) is 2.89. The van der Waals surface area contributed by atoms with Crippen LogP contribution in [-0.4, -0.2) is 31.5 Å². The van der Waals surface area contributed by atoms with Crippen molar-refractivity contribution in [2.24, 2.45) is 0 Å². The second-order valence-corrected chi connectivity index (χ2v) is 8.05. The minimum absolute atomic E-state index is 0.0289. The molecule has 114 valence electrons. The van der Waals surface area contributed by atoms with E-state index in [2.05, 4.69) is 10.3 Å². The van der Waals surface area contributed by atoms with E-state index in [1.54, 1.807) is 6.92 Å². The zero-order valence-electron chi connectivity index (χ0n) is 10.8. The van der Waals surface area contributed by atoms with Gasteiger partial charge in [-0.05, 0) is 13.0 Å². The van der Waals surface area contributed by atoms with Crippen LogP contribution in [0.1, 0.15) is 34.8 Å². The number of hydrogen-bond donors (Lipinski definition) is 1. The second-order valence-electron chi connectivity index (χ2n) is 4.70. The molecule has 0 aliphatic carbocycles. The Hall–Kier alpha value is -0.670. The summed E-state index contributed by atoms with van der Waals surface area (Å²) < 4.78 is 61.6. The maximum atomic E-state index is 12.9. The van der Waals surface area contributed by atoms with Crippen LogP contribution >= 0.6 is 11.3 Å². The van der Waals surface area contributed by atoms with E-state index in [9.17, 15) is 21.6 Å². The van der Waals surface area contributed by atoms with Gasteiger partial charge in [-0.1, -0.05) is 6.92 Å². The molecule has 20 heavy (non-hydrogen) atoms. The van der Waals surface area contributed by atoms with Gasteiger partial charge >= 0.3 is 6.18 Å². The first-order chi connectivity index (χ1) is 9.23. The maximum Gasteiger partial charge on any atom is 0.434 e. The molecule has 1 aliphatic heterocycles. The first-order valence-corrected chi connectivity index (χ1v) is 8.84. The lowest BCUT2D eigenvalue weighted by molar-refractivity contribution is -0.141. The lowest BCUT2D eigenvalue weighted by Crippen LogP contribution is -2.15. The summed E-state index contributed by atoms with van der Waals surface area (Å²) in [7, 11) is -3.13. The zero-order chi connectivity index (χ0) is 15.0. The highest BCUT2D eigenvalue weighted by atomic mass is 32.2. The maximum absolute atomic E-state index is 12.9. The minimum Gasteiger partial charge on any atom is -0.312 e. The number of rotatable bonds is 4. The number of hydrogen-bond acceptors (Lipinski definition) is 5. The van der Waals surface area contributed by atoms with Crippen LogP contribution in [0.2, 0.25) is 0 Å². The zero-order valence-corrected chi connectivity index (χ0v) is 12.5. The summed E-state index contributed by atoms with van der Waals surface area (Å²) in [6.45, 7) is 2.46. The minimum atomic E-state index is -4.50. The molecule has 9 heteroatoms. The standard InChI is InChI=1S/C11H15F3N2O2S2/c1-2-15-5-8-9(11(12,13)14)16-10(19-8)7-3-4-20(17,18)6-7/h7,15H,2-6H2,1H3. The summed E-state index contributed by atoms with van der Waals surface area (Å²) in [6, 6.07) is 0. The molecule has 0 radical (unpaired) electrons. The number of thiazole rings is 1. The van der Waals surface area contributed by atoms with Gasteiger partial charge in [0.1, 0.15) is 0 Å². The number of halogens is 3. The monoisotopic (exact) mass is 328 g/mol. The van der Waals surface area contributed by atoms with Crippen LogP contribution in [0.25, 0.3) is 0 Å². The van der Waals surface area contributed by atoms with E-state index < -0.39 is 27.6 Å². The van der Waals surface area contributed by atoms with Crippen molar-refractivity contribution in [3.05, 3.63) is 15.6 Å². The Kier molecular flexibility index (Phi) is 4.41. The Bertz CT molecular complexity index is 581. The van der Waals surface area contributed by atoms with Gasteiger partial charge in [0, 0.05) is 12.5 Å². The molecule has 4 nitrogen and oxygen atoms in total. The van der Waals surface area contributed by atoms with Crippen LogP contribution in [0.15, 0.2) is 0 Å². The van der Waals surface area contributed by atoms with Crippen LogP contribution in [0.5, 0.6) is 0 Å². The molecule has 1 N–H and O–H groups in total. The molecule has 0 amide bonds. The highest BCUT2D eigenvalue weighted by Crippen LogP contribution is 2.39. The smallest absolute Gasteiger partial charge is 0.312 e. The first-order valence-electron chi connectivity index (χ1n) is 6.21. The normalized spacial score (nSPS) is 22.3. The van der Waals surface area contributed by atoms with Crippen molar-refractivity contribution in [3.8, 4) is 0 Å². The van der Waals surface area contributed by atoms with Crippen molar-refractivity contribution >= 4 is 21.2 Å². The van der Waals surface area contributed by atoms with Gasteiger partial charge in [-0.25, -0.2) is 13.4 Å². The van der Waals surface area contributed by atoms with E-state index in [0.29, 0.717) is 13.0 Å². The largest absolute Gasteiger partial charge is 0.434 e. The predicted octanol–water partition coefficient (Wildman–Crippen LogP) is 2.17. The number of nitrogens with one attached hydrogen (secondary N) is 1. The Labute approximate surface area is 119 Å². The summed E-state index contributed by atoms with van der Waals surface area (Å²) in [4.78, 5) is 3.79. The Morgan fingerprint density at radius 2 is 2.15 bits per heavy atom. The van der Waals surface area contributed by atoms with E-state index in [-0.39, 0.29) is 27.9 Å². The van der Waals surface area contributed by atoms with Gasteiger partial charge in [-0.3, -0.25) is 0 Å². The van der Waals surface area contributed by atoms with E-state index in [1.165, 1.54) is 0 Å². The van der Waals surface area contributed by atoms with Crippen molar-refractivity contribution < 1.29 is 21.6 Å². The van der Waals surface area contributed by atoms with Crippen LogP contribution in [-0.2, 0) is 22.6 Å². The van der Waals surface area contributed by atoms with Crippen molar-refractivity contribution in [3.63, 3.8) is 0 Å². The number of sulfone groups is 1. The third kappa shape index (κ3) is 3.50. The fraction of sp³-hybridized carbons (Fsp3) is 0.727. The second kappa shape index (κ2) is 5.61. The molecule has 1 aromatic heterocycles. The van der Waals surface area contributed by atoms with Crippen LogP contribution < -0.4 is 5.32 Å². The third-order valence-corrected chi connectivity index (χ3v) is 6.09. The van der Waals surface area contributed by atoms with Crippen molar-refractivity contribution in [2.45, 2.75) is 32.0 Å². The van der Waals surface area contributed by atoms with Gasteiger partial charge in [0.05, 0.1) is 21.4 Å². The molecule has 2 rings (SSSR count). The summed E-state index contributed by atoms with van der Waals surface area (Å²) in [5.74, 6) is -0.471. The molecular formula is C11H15F3N2O2S2. The molecule has 1 fully saturated rings. The molecule has 0 aromatic carbocycles. The van der Waals surface area contributed by atoms with E-state index in [1.807, 2.05) is 0 Å². The summed E-state index contributed by atoms with van der Waals surface area (Å²) >= 11 is 0.966. The lowest BCUT2D eigenvalue weighted by Gasteiger charge is -2.05. The summed E-state index contributed by atoms with van der Waals surface area (Å²) in [5, 5.41) is 3.13. The molecule has 0 bridgehead atoms.